The molecule has 1 amide bonds. The Kier molecular flexibility index (Phi) is 12.6. The van der Waals surface area contributed by atoms with E-state index < -0.39 is 35.2 Å². The molecule has 1 saturated heterocycles. The van der Waals surface area contributed by atoms with Crippen LogP contribution in [0.3, 0.4) is 0 Å². The molecule has 242 valence electrons. The predicted octanol–water partition coefficient (Wildman–Crippen LogP) is 5.81. The third-order valence-corrected chi connectivity index (χ3v) is 8.81. The Labute approximate surface area is 262 Å². The molecule has 0 aliphatic carbocycles. The Bertz CT molecular complexity index is 1370. The Balaban J connectivity index is 0.00000529. The number of alkyl halides is 3. The van der Waals surface area contributed by atoms with Crippen molar-refractivity contribution in [1.82, 2.24) is 10.6 Å². The van der Waals surface area contributed by atoms with Gasteiger partial charge in [0.25, 0.3) is 5.91 Å². The fourth-order valence-corrected chi connectivity index (χ4v) is 6.51. The number of nitrogens with zero attached hydrogens (tertiary/aromatic N) is 1. The zero-order valence-corrected chi connectivity index (χ0v) is 25.7. The van der Waals surface area contributed by atoms with Gasteiger partial charge >= 0.3 is 6.36 Å². The van der Waals surface area contributed by atoms with E-state index in [0.717, 1.165) is 5.56 Å². The van der Waals surface area contributed by atoms with Crippen LogP contribution in [0.2, 0.25) is 0 Å². The van der Waals surface area contributed by atoms with Crippen LogP contribution in [0, 0.1) is 0 Å². The molecule has 1 aliphatic rings. The Morgan fingerprint density at radius 1 is 1.05 bits per heavy atom. The molecule has 1 heterocycles. The number of halogens is 4. The standard InChI is InChI=1S/C30H37F3N4O5S.ClH/c1-2-35-24-16-23(17-25(18-24)37-12-7-13-43(37,40)41)29(39)36-27(15-21-8-4-3-5-9-21)28(38)20-34-19-22-10-6-11-26(14-22)42-30(31,32)33;/h3-6,8-11,14,16-18,27-28,34-35,38,40-41H,2,7,12-13,15,19-20H2,1H3,(H,36,39);1H/t27-,28-;/m0./s1. The van der Waals surface area contributed by atoms with Crippen molar-refractivity contribution in [3.63, 3.8) is 0 Å². The molecule has 6 N–H and O–H groups in total. The Morgan fingerprint density at radius 3 is 2.43 bits per heavy atom. The van der Waals surface area contributed by atoms with Crippen molar-refractivity contribution in [2.24, 2.45) is 0 Å². The second-order valence-electron chi connectivity index (χ2n) is 10.3. The van der Waals surface area contributed by atoms with Crippen LogP contribution in [-0.4, -0.2) is 64.0 Å². The topological polar surface area (TPSA) is 126 Å². The van der Waals surface area contributed by atoms with Crippen molar-refractivity contribution in [3.8, 4) is 5.75 Å². The average molecular weight is 659 g/mol. The molecular weight excluding hydrogens is 621 g/mol. The second-order valence-corrected chi connectivity index (χ2v) is 12.4. The quantitative estimate of drug-likeness (QED) is 0.136. The van der Waals surface area contributed by atoms with E-state index in [1.54, 1.807) is 24.3 Å². The molecule has 3 aromatic rings. The van der Waals surface area contributed by atoms with Crippen LogP contribution in [0.4, 0.5) is 24.5 Å². The molecule has 1 aliphatic heterocycles. The summed E-state index contributed by atoms with van der Waals surface area (Å²) in [6.45, 7) is 3.15. The molecule has 0 bridgehead atoms. The number of benzene rings is 3. The van der Waals surface area contributed by atoms with Crippen molar-refractivity contribution in [2.45, 2.75) is 44.8 Å². The van der Waals surface area contributed by atoms with E-state index in [2.05, 4.69) is 20.7 Å². The van der Waals surface area contributed by atoms with Gasteiger partial charge < -0.3 is 25.8 Å². The number of hydrogen-bond acceptors (Lipinski definition) is 8. The van der Waals surface area contributed by atoms with Crippen LogP contribution in [0.25, 0.3) is 0 Å². The van der Waals surface area contributed by atoms with E-state index in [1.165, 1.54) is 22.5 Å². The number of rotatable bonds is 13. The summed E-state index contributed by atoms with van der Waals surface area (Å²) < 4.78 is 64.3. The third-order valence-electron chi connectivity index (χ3n) is 6.88. The summed E-state index contributed by atoms with van der Waals surface area (Å²) in [5.41, 5.74) is 2.86. The fourth-order valence-electron chi connectivity index (χ4n) is 4.91. The molecule has 3 aromatic carbocycles. The van der Waals surface area contributed by atoms with E-state index in [-0.39, 0.29) is 42.6 Å². The second kappa shape index (κ2) is 15.7. The number of aliphatic hydroxyl groups excluding tert-OH is 1. The predicted molar refractivity (Wildman–Crippen MR) is 170 cm³/mol. The zero-order valence-electron chi connectivity index (χ0n) is 24.1. The summed E-state index contributed by atoms with van der Waals surface area (Å²) in [5.74, 6) is -0.526. The summed E-state index contributed by atoms with van der Waals surface area (Å²) in [6.07, 6.45) is -4.92. The number of aliphatic hydroxyl groups is 1. The Hall–Kier alpha value is -3.20. The van der Waals surface area contributed by atoms with Gasteiger partial charge in [0.05, 0.1) is 23.6 Å². The minimum Gasteiger partial charge on any atom is -0.406 e. The summed E-state index contributed by atoms with van der Waals surface area (Å²) in [6, 6.07) is 19.2. The summed E-state index contributed by atoms with van der Waals surface area (Å²) >= 11 is 0. The maximum Gasteiger partial charge on any atom is 0.573 e. The van der Waals surface area contributed by atoms with Crippen molar-refractivity contribution in [3.05, 3.63) is 89.5 Å². The Morgan fingerprint density at radius 2 is 1.77 bits per heavy atom. The number of anilines is 2. The van der Waals surface area contributed by atoms with Crippen LogP contribution in [0.1, 0.15) is 34.8 Å². The minimum atomic E-state index is -4.80. The molecule has 1 fully saturated rings. The van der Waals surface area contributed by atoms with Gasteiger partial charge in [0.2, 0.25) is 0 Å². The van der Waals surface area contributed by atoms with Crippen LogP contribution in [-0.2, 0) is 13.0 Å². The summed E-state index contributed by atoms with van der Waals surface area (Å²) in [7, 11) is -2.97. The lowest BCUT2D eigenvalue weighted by molar-refractivity contribution is -0.274. The van der Waals surface area contributed by atoms with E-state index in [0.29, 0.717) is 42.9 Å². The van der Waals surface area contributed by atoms with Gasteiger partial charge in [0.15, 0.2) is 0 Å². The average Bonchev–Trinajstić information content (AvgIpc) is 3.31. The number of amides is 1. The largest absolute Gasteiger partial charge is 0.573 e. The molecular formula is C30H38ClF3N4O5S. The third kappa shape index (κ3) is 10.2. The van der Waals surface area contributed by atoms with Gasteiger partial charge in [-0.15, -0.1) is 36.4 Å². The molecule has 0 saturated carbocycles. The monoisotopic (exact) mass is 658 g/mol. The molecule has 2 atom stereocenters. The number of carbonyl (C=O) groups excluding carboxylic acids is 1. The first-order valence-corrected chi connectivity index (χ1v) is 15.6. The zero-order chi connectivity index (χ0) is 31.0. The van der Waals surface area contributed by atoms with Gasteiger partial charge in [-0.3, -0.25) is 18.2 Å². The maximum atomic E-state index is 13.6. The SMILES string of the molecule is CCNc1cc(C(=O)N[C@@H](Cc2ccccc2)[C@@H](O)CNCc2cccc(OC(F)(F)F)c2)cc(N2CCCS2(O)O)c1.Cl. The summed E-state index contributed by atoms with van der Waals surface area (Å²) in [5, 5.41) is 20.3. The van der Waals surface area contributed by atoms with Crippen molar-refractivity contribution >= 4 is 40.5 Å². The number of ether oxygens (including phenoxy) is 1. The van der Waals surface area contributed by atoms with E-state index in [1.807, 2.05) is 37.3 Å². The van der Waals surface area contributed by atoms with Gasteiger partial charge in [0.1, 0.15) is 5.75 Å². The van der Waals surface area contributed by atoms with Crippen LogP contribution in [0.15, 0.2) is 72.8 Å². The van der Waals surface area contributed by atoms with Crippen molar-refractivity contribution < 1.29 is 36.9 Å². The van der Waals surface area contributed by atoms with Crippen molar-refractivity contribution in [1.29, 1.82) is 0 Å². The fraction of sp³-hybridized carbons (Fsp3) is 0.367. The van der Waals surface area contributed by atoms with Gasteiger partial charge in [-0.25, -0.2) is 0 Å². The number of nitrogens with one attached hydrogen (secondary N) is 3. The van der Waals surface area contributed by atoms with E-state index in [9.17, 15) is 32.2 Å². The first-order chi connectivity index (χ1) is 20.4. The molecule has 44 heavy (non-hydrogen) atoms. The van der Waals surface area contributed by atoms with Gasteiger partial charge in [0, 0.05) is 37.4 Å². The van der Waals surface area contributed by atoms with Crippen LogP contribution >= 0.6 is 23.2 Å². The first kappa shape index (κ1) is 35.3. The minimum absolute atomic E-state index is 0. The normalized spacial score (nSPS) is 16.4. The molecule has 0 spiro atoms. The highest BCUT2D eigenvalue weighted by Crippen LogP contribution is 2.51. The van der Waals surface area contributed by atoms with Gasteiger partial charge in [-0.1, -0.05) is 42.5 Å². The number of hydrogen-bond donors (Lipinski definition) is 6. The molecule has 0 aromatic heterocycles. The van der Waals surface area contributed by atoms with E-state index >= 15 is 0 Å². The molecule has 0 radical (unpaired) electrons. The maximum absolute atomic E-state index is 13.6. The highest BCUT2D eigenvalue weighted by Gasteiger charge is 2.32. The molecule has 0 unspecified atom stereocenters. The first-order valence-electron chi connectivity index (χ1n) is 13.9. The molecule has 9 nitrogen and oxygen atoms in total. The van der Waals surface area contributed by atoms with E-state index in [4.69, 9.17) is 0 Å². The smallest absolute Gasteiger partial charge is 0.406 e. The molecule has 4 rings (SSSR count). The highest BCUT2D eigenvalue weighted by molar-refractivity contribution is 8.25. The highest BCUT2D eigenvalue weighted by atomic mass is 35.5. The molecule has 14 heteroatoms. The van der Waals surface area contributed by atoms with Crippen LogP contribution < -0.4 is 25.0 Å². The lowest BCUT2D eigenvalue weighted by Crippen LogP contribution is -2.48. The van der Waals surface area contributed by atoms with Gasteiger partial charge in [-0.05, 0) is 61.2 Å². The lowest BCUT2D eigenvalue weighted by Gasteiger charge is -2.38. The van der Waals surface area contributed by atoms with Gasteiger partial charge in [-0.2, -0.15) is 0 Å². The lowest BCUT2D eigenvalue weighted by atomic mass is 10.00. The van der Waals surface area contributed by atoms with Crippen LogP contribution in [0.5, 0.6) is 5.75 Å². The van der Waals surface area contributed by atoms with Crippen molar-refractivity contribution in [2.75, 3.05) is 35.0 Å². The number of carbonyl (C=O) groups is 1. The summed E-state index contributed by atoms with van der Waals surface area (Å²) in [4.78, 5) is 13.6.